The summed E-state index contributed by atoms with van der Waals surface area (Å²) in [6.07, 6.45) is -4.72. The highest BCUT2D eigenvalue weighted by Crippen LogP contribution is 2.30. The third-order valence-electron chi connectivity index (χ3n) is 4.92. The topological polar surface area (TPSA) is 58.7 Å². The molecular weight excluding hydrogens is 477 g/mol. The van der Waals surface area contributed by atoms with Crippen LogP contribution in [0.3, 0.4) is 0 Å². The Morgan fingerprint density at radius 1 is 0.971 bits per heavy atom. The molecule has 188 valence electrons. The quantitative estimate of drug-likeness (QED) is 0.356. The molecule has 2 aromatic carbocycles. The Hall–Kier alpha value is -2.95. The number of hydrogen-bond donors (Lipinski definition) is 2. The fourth-order valence-corrected chi connectivity index (χ4v) is 3.94. The summed E-state index contributed by atoms with van der Waals surface area (Å²) in [5, 5.41) is 3.20. The summed E-state index contributed by atoms with van der Waals surface area (Å²) < 4.78 is 49.7. The van der Waals surface area contributed by atoms with Gasteiger partial charge in [0.2, 0.25) is 0 Å². The minimum atomic E-state index is -4.72. The number of hydrogen-bond acceptors (Lipinski definition) is 7. The van der Waals surface area contributed by atoms with E-state index in [-0.39, 0.29) is 5.75 Å². The lowest BCUT2D eigenvalue weighted by Crippen LogP contribution is -2.36. The zero-order chi connectivity index (χ0) is 25.3. The molecule has 0 atom stereocenters. The van der Waals surface area contributed by atoms with Crippen LogP contribution in [0.5, 0.6) is 5.75 Å². The second kappa shape index (κ2) is 12.7. The molecule has 3 aromatic rings. The minimum absolute atomic E-state index is 0.275. The largest absolute Gasteiger partial charge is 0.573 e. The zero-order valence-electron chi connectivity index (χ0n) is 19.9. The predicted molar refractivity (Wildman–Crippen MR) is 135 cm³/mol. The number of nitrogens with one attached hydrogen (secondary N) is 2. The number of benzene rings is 2. The second-order valence-electron chi connectivity index (χ2n) is 7.22. The Bertz CT molecular complexity index is 1060. The summed E-state index contributed by atoms with van der Waals surface area (Å²) >= 11 is 1.53. The van der Waals surface area contributed by atoms with Crippen molar-refractivity contribution in [2.24, 2.45) is 0 Å². The molecule has 1 fully saturated rings. The highest BCUT2D eigenvalue weighted by molar-refractivity contribution is 7.97. The van der Waals surface area contributed by atoms with Crippen LogP contribution in [0.4, 0.5) is 30.4 Å². The Labute approximate surface area is 208 Å². The van der Waals surface area contributed by atoms with Crippen molar-refractivity contribution in [2.45, 2.75) is 25.1 Å². The van der Waals surface area contributed by atoms with E-state index in [2.05, 4.69) is 19.7 Å². The maximum absolute atomic E-state index is 12.4. The first-order valence-corrected chi connectivity index (χ1v) is 12.1. The van der Waals surface area contributed by atoms with Crippen molar-refractivity contribution in [3.8, 4) is 17.0 Å². The third-order valence-corrected chi connectivity index (χ3v) is 5.63. The minimum Gasteiger partial charge on any atom is -0.406 e. The van der Waals surface area contributed by atoms with E-state index < -0.39 is 6.36 Å². The van der Waals surface area contributed by atoms with Gasteiger partial charge in [-0.1, -0.05) is 26.0 Å². The maximum Gasteiger partial charge on any atom is 0.573 e. The molecule has 1 aromatic heterocycles. The van der Waals surface area contributed by atoms with E-state index in [1.54, 1.807) is 0 Å². The van der Waals surface area contributed by atoms with Crippen LogP contribution in [-0.2, 0) is 4.74 Å². The third kappa shape index (κ3) is 8.05. The van der Waals surface area contributed by atoms with Crippen molar-refractivity contribution >= 4 is 29.1 Å². The molecule has 1 aliphatic heterocycles. The van der Waals surface area contributed by atoms with Gasteiger partial charge in [-0.25, -0.2) is 4.98 Å². The van der Waals surface area contributed by atoms with Crippen molar-refractivity contribution in [2.75, 3.05) is 43.6 Å². The molecule has 6 nitrogen and oxygen atoms in total. The van der Waals surface area contributed by atoms with Crippen LogP contribution >= 0.6 is 11.9 Å². The van der Waals surface area contributed by atoms with Crippen molar-refractivity contribution in [1.82, 2.24) is 9.71 Å². The Morgan fingerprint density at radius 2 is 1.63 bits per heavy atom. The van der Waals surface area contributed by atoms with E-state index >= 15 is 0 Å². The normalized spacial score (nSPS) is 13.6. The molecule has 1 saturated heterocycles. The Morgan fingerprint density at radius 3 is 2.23 bits per heavy atom. The highest BCUT2D eigenvalue weighted by atomic mass is 32.2. The lowest BCUT2D eigenvalue weighted by Gasteiger charge is -2.29. The molecule has 0 bridgehead atoms. The van der Waals surface area contributed by atoms with Gasteiger partial charge in [0.15, 0.2) is 0 Å². The predicted octanol–water partition coefficient (Wildman–Crippen LogP) is 6.48. The fraction of sp³-hybridized carbons (Fsp3) is 0.320. The standard InChI is InChI=1S/C23H23F3N4O2S.C2H6/c1-27-33-20-8-2-16(3-9-20)21-14-18(30-10-12-31-13-11-30)15-22(29-21)28-17-4-6-19(7-5-17)32-23(24,25)26;1-2/h2-9,14-15,27H,10-13H2,1H3,(H,28,29);1-2H3. The van der Waals surface area contributed by atoms with E-state index in [1.807, 2.05) is 57.3 Å². The first kappa shape index (κ1) is 26.7. The second-order valence-corrected chi connectivity index (χ2v) is 8.31. The zero-order valence-corrected chi connectivity index (χ0v) is 20.7. The van der Waals surface area contributed by atoms with Gasteiger partial charge in [-0.05, 0) is 61.5 Å². The number of morpholine rings is 1. The monoisotopic (exact) mass is 506 g/mol. The highest BCUT2D eigenvalue weighted by Gasteiger charge is 2.31. The van der Waals surface area contributed by atoms with Gasteiger partial charge in [-0.15, -0.1) is 13.2 Å². The van der Waals surface area contributed by atoms with Crippen LogP contribution in [0.1, 0.15) is 13.8 Å². The number of pyridine rings is 1. The van der Waals surface area contributed by atoms with E-state index in [0.29, 0.717) is 24.7 Å². The summed E-state index contributed by atoms with van der Waals surface area (Å²) in [6.45, 7) is 6.84. The van der Waals surface area contributed by atoms with Gasteiger partial charge in [-0.3, -0.25) is 4.72 Å². The van der Waals surface area contributed by atoms with Crippen LogP contribution in [0, 0.1) is 0 Å². The van der Waals surface area contributed by atoms with Crippen LogP contribution in [0.2, 0.25) is 0 Å². The fourth-order valence-electron chi connectivity index (χ4n) is 3.43. The molecule has 4 rings (SSSR count). The van der Waals surface area contributed by atoms with Gasteiger partial charge < -0.3 is 19.7 Å². The van der Waals surface area contributed by atoms with Crippen LogP contribution in [0.15, 0.2) is 65.6 Å². The number of halogens is 3. The van der Waals surface area contributed by atoms with Crippen molar-refractivity contribution in [3.05, 3.63) is 60.7 Å². The molecule has 0 spiro atoms. The molecule has 2 heterocycles. The summed E-state index contributed by atoms with van der Waals surface area (Å²) in [4.78, 5) is 8.06. The van der Waals surface area contributed by atoms with Gasteiger partial charge >= 0.3 is 6.36 Å². The van der Waals surface area contributed by atoms with Crippen LogP contribution in [-0.4, -0.2) is 44.7 Å². The van der Waals surface area contributed by atoms with Crippen molar-refractivity contribution in [3.63, 3.8) is 0 Å². The molecule has 10 heteroatoms. The average molecular weight is 507 g/mol. The SMILES string of the molecule is CC.CNSc1ccc(-c2cc(N3CCOCC3)cc(Nc3ccc(OC(F)(F)F)cc3)n2)cc1. The van der Waals surface area contributed by atoms with Crippen molar-refractivity contribution < 1.29 is 22.6 Å². The molecule has 0 aliphatic carbocycles. The first-order chi connectivity index (χ1) is 16.9. The Kier molecular flexibility index (Phi) is 9.64. The number of aromatic nitrogens is 1. The summed E-state index contributed by atoms with van der Waals surface area (Å²) in [6, 6.07) is 17.6. The van der Waals surface area contributed by atoms with E-state index in [4.69, 9.17) is 9.72 Å². The molecule has 0 unspecified atom stereocenters. The van der Waals surface area contributed by atoms with Gasteiger partial charge in [0.25, 0.3) is 0 Å². The van der Waals surface area contributed by atoms with Crippen molar-refractivity contribution in [1.29, 1.82) is 0 Å². The number of anilines is 3. The molecule has 0 radical (unpaired) electrons. The summed E-state index contributed by atoms with van der Waals surface area (Å²) in [5.41, 5.74) is 3.35. The van der Waals surface area contributed by atoms with Gasteiger partial charge in [0.05, 0.1) is 18.9 Å². The van der Waals surface area contributed by atoms with Gasteiger partial charge in [0.1, 0.15) is 11.6 Å². The average Bonchev–Trinajstić information content (AvgIpc) is 2.87. The Balaban J connectivity index is 0.00000167. The van der Waals surface area contributed by atoms with Gasteiger partial charge in [-0.2, -0.15) is 0 Å². The van der Waals surface area contributed by atoms with E-state index in [9.17, 15) is 13.2 Å². The maximum atomic E-state index is 12.4. The smallest absolute Gasteiger partial charge is 0.406 e. The van der Waals surface area contributed by atoms with E-state index in [0.717, 1.165) is 34.9 Å². The molecular formula is C25H29F3N4O2S. The number of alkyl halides is 3. The molecule has 2 N–H and O–H groups in total. The molecule has 0 saturated carbocycles. The number of ether oxygens (including phenoxy) is 2. The number of nitrogens with zero attached hydrogens (tertiary/aromatic N) is 2. The lowest BCUT2D eigenvalue weighted by molar-refractivity contribution is -0.274. The summed E-state index contributed by atoms with van der Waals surface area (Å²) in [5.74, 6) is 0.315. The van der Waals surface area contributed by atoms with Gasteiger partial charge in [0, 0.05) is 41.0 Å². The van der Waals surface area contributed by atoms with E-state index in [1.165, 1.54) is 36.2 Å². The lowest BCUT2D eigenvalue weighted by atomic mass is 10.1. The van der Waals surface area contributed by atoms with Crippen LogP contribution in [0.25, 0.3) is 11.3 Å². The number of rotatable bonds is 7. The molecule has 35 heavy (non-hydrogen) atoms. The van der Waals surface area contributed by atoms with Crippen LogP contribution < -0.4 is 19.7 Å². The molecule has 0 amide bonds. The summed E-state index contributed by atoms with van der Waals surface area (Å²) in [7, 11) is 1.87. The first-order valence-electron chi connectivity index (χ1n) is 11.3. The molecule has 1 aliphatic rings.